The fourth-order valence-corrected chi connectivity index (χ4v) is 1.87. The van der Waals surface area contributed by atoms with Crippen molar-refractivity contribution in [2.75, 3.05) is 20.8 Å². The number of Topliss-reactive ketones (excluding diaryl/α,β-unsaturated/α-hetero) is 1. The third-order valence-corrected chi connectivity index (χ3v) is 2.69. The van der Waals surface area contributed by atoms with Crippen molar-refractivity contribution < 1.29 is 13.9 Å². The quantitative estimate of drug-likeness (QED) is 0.652. The van der Waals surface area contributed by atoms with E-state index in [1.54, 1.807) is 19.1 Å². The molecule has 13 heavy (non-hydrogen) atoms. The van der Waals surface area contributed by atoms with Crippen molar-refractivity contribution in [3.63, 3.8) is 0 Å². The number of methoxy groups -OCH3 is 1. The van der Waals surface area contributed by atoms with E-state index in [1.807, 2.05) is 0 Å². The zero-order chi connectivity index (χ0) is 10.0. The number of carbonyl (C=O) groups excluding carboxylic acids is 1. The first-order chi connectivity index (χ1) is 6.07. The Morgan fingerprint density at radius 2 is 2.31 bits per heavy atom. The molecular weight excluding hydrogens is 173 g/mol. The van der Waals surface area contributed by atoms with Crippen LogP contribution in [0, 0.1) is 0 Å². The van der Waals surface area contributed by atoms with Crippen molar-refractivity contribution in [3.8, 4) is 0 Å². The first-order valence-electron chi connectivity index (χ1n) is 4.43. The van der Waals surface area contributed by atoms with Crippen LogP contribution in [0.25, 0.3) is 0 Å². The molecule has 1 fully saturated rings. The summed E-state index contributed by atoms with van der Waals surface area (Å²) < 4.78 is 18.3. The van der Waals surface area contributed by atoms with E-state index < -0.39 is 6.17 Å². The maximum atomic E-state index is 13.4. The van der Waals surface area contributed by atoms with Gasteiger partial charge in [0.25, 0.3) is 0 Å². The fourth-order valence-electron chi connectivity index (χ4n) is 1.87. The Morgan fingerprint density at radius 1 is 1.69 bits per heavy atom. The molecule has 4 heteroatoms. The zero-order valence-corrected chi connectivity index (χ0v) is 8.29. The van der Waals surface area contributed by atoms with Crippen LogP contribution in [0.3, 0.4) is 0 Å². The van der Waals surface area contributed by atoms with Gasteiger partial charge < -0.3 is 4.74 Å². The maximum absolute atomic E-state index is 13.4. The van der Waals surface area contributed by atoms with Gasteiger partial charge in [-0.2, -0.15) is 0 Å². The number of likely N-dealkylation sites (tertiary alicyclic amines) is 1. The Hall–Kier alpha value is -0.480. The summed E-state index contributed by atoms with van der Waals surface area (Å²) in [6.45, 7) is 1.85. The topological polar surface area (TPSA) is 29.5 Å². The van der Waals surface area contributed by atoms with Crippen LogP contribution in [0.1, 0.15) is 13.3 Å². The van der Waals surface area contributed by atoms with Crippen LogP contribution >= 0.6 is 0 Å². The van der Waals surface area contributed by atoms with E-state index >= 15 is 0 Å². The SMILES string of the molecule is COC[C@H]1[C@H](F)C[C@@H](C(C)=O)N1C. The Labute approximate surface area is 77.9 Å². The van der Waals surface area contributed by atoms with Crippen molar-refractivity contribution >= 4 is 5.78 Å². The van der Waals surface area contributed by atoms with Crippen LogP contribution in [0.4, 0.5) is 4.39 Å². The number of likely N-dealkylation sites (N-methyl/N-ethyl adjacent to an activating group) is 1. The summed E-state index contributed by atoms with van der Waals surface area (Å²) in [4.78, 5) is 12.9. The molecule has 0 aromatic heterocycles. The van der Waals surface area contributed by atoms with Crippen LogP contribution in [0.5, 0.6) is 0 Å². The normalized spacial score (nSPS) is 35.2. The summed E-state index contributed by atoms with van der Waals surface area (Å²) in [6, 6.07) is -0.533. The number of nitrogens with zero attached hydrogens (tertiary/aromatic N) is 1. The number of halogens is 1. The van der Waals surface area contributed by atoms with Gasteiger partial charge in [-0.1, -0.05) is 0 Å². The van der Waals surface area contributed by atoms with Gasteiger partial charge in [-0.15, -0.1) is 0 Å². The van der Waals surface area contributed by atoms with Crippen LogP contribution in [0.15, 0.2) is 0 Å². The first-order valence-corrected chi connectivity index (χ1v) is 4.43. The first kappa shape index (κ1) is 10.6. The maximum Gasteiger partial charge on any atom is 0.147 e. The summed E-state index contributed by atoms with van der Waals surface area (Å²) in [5, 5.41) is 0. The molecule has 0 unspecified atom stereocenters. The third-order valence-electron chi connectivity index (χ3n) is 2.69. The minimum atomic E-state index is -0.946. The van der Waals surface area contributed by atoms with E-state index in [9.17, 15) is 9.18 Å². The summed E-state index contributed by atoms with van der Waals surface area (Å²) >= 11 is 0. The van der Waals surface area contributed by atoms with Crippen molar-refractivity contribution in [3.05, 3.63) is 0 Å². The largest absolute Gasteiger partial charge is 0.383 e. The van der Waals surface area contributed by atoms with E-state index in [1.165, 1.54) is 6.92 Å². The predicted molar refractivity (Wildman–Crippen MR) is 47.4 cm³/mol. The van der Waals surface area contributed by atoms with Gasteiger partial charge in [-0.25, -0.2) is 4.39 Å². The number of ketones is 1. The standard InChI is InChI=1S/C9H16FNO2/c1-6(12)8-4-7(10)9(5-13-3)11(8)2/h7-9H,4-5H2,1-3H3/t7-,8+,9+/m1/s1. The van der Waals surface area contributed by atoms with Crippen molar-refractivity contribution in [1.29, 1.82) is 0 Å². The van der Waals surface area contributed by atoms with Crippen molar-refractivity contribution in [1.82, 2.24) is 4.90 Å². The average Bonchev–Trinajstić information content (AvgIpc) is 2.32. The Balaban J connectivity index is 2.63. The molecule has 1 heterocycles. The Morgan fingerprint density at radius 3 is 2.69 bits per heavy atom. The minimum absolute atomic E-state index is 0.0313. The molecule has 0 bridgehead atoms. The molecule has 3 nitrogen and oxygen atoms in total. The van der Waals surface area contributed by atoms with E-state index in [0.29, 0.717) is 13.0 Å². The molecule has 0 aliphatic carbocycles. The van der Waals surface area contributed by atoms with Gasteiger partial charge in [-0.05, 0) is 14.0 Å². The van der Waals surface area contributed by atoms with Gasteiger partial charge in [0.15, 0.2) is 0 Å². The van der Waals surface area contributed by atoms with Crippen LogP contribution in [0.2, 0.25) is 0 Å². The van der Waals surface area contributed by atoms with Crippen LogP contribution in [-0.2, 0) is 9.53 Å². The van der Waals surface area contributed by atoms with Gasteiger partial charge in [0, 0.05) is 13.5 Å². The highest BCUT2D eigenvalue weighted by Gasteiger charge is 2.41. The molecule has 0 N–H and O–H groups in total. The zero-order valence-electron chi connectivity index (χ0n) is 8.29. The second kappa shape index (κ2) is 4.15. The lowest BCUT2D eigenvalue weighted by Crippen LogP contribution is -2.40. The monoisotopic (exact) mass is 189 g/mol. The molecule has 0 amide bonds. The lowest BCUT2D eigenvalue weighted by molar-refractivity contribution is -0.121. The van der Waals surface area contributed by atoms with E-state index in [-0.39, 0.29) is 17.9 Å². The van der Waals surface area contributed by atoms with Crippen molar-refractivity contribution in [2.45, 2.75) is 31.6 Å². The summed E-state index contributed by atoms with van der Waals surface area (Å²) in [5.41, 5.74) is 0. The number of alkyl halides is 1. The molecule has 0 saturated carbocycles. The van der Waals surface area contributed by atoms with Gasteiger partial charge in [0.1, 0.15) is 12.0 Å². The van der Waals surface area contributed by atoms with Gasteiger partial charge in [-0.3, -0.25) is 9.69 Å². The van der Waals surface area contributed by atoms with Crippen LogP contribution < -0.4 is 0 Å². The summed E-state index contributed by atoms with van der Waals surface area (Å²) in [5.74, 6) is 0.0313. The molecule has 1 rings (SSSR count). The summed E-state index contributed by atoms with van der Waals surface area (Å²) in [7, 11) is 3.32. The lowest BCUT2D eigenvalue weighted by atomic mass is 10.1. The number of carbonyl (C=O) groups is 1. The number of ether oxygens (including phenoxy) is 1. The van der Waals surface area contributed by atoms with E-state index in [2.05, 4.69) is 0 Å². The minimum Gasteiger partial charge on any atom is -0.383 e. The summed E-state index contributed by atoms with van der Waals surface area (Å²) in [6.07, 6.45) is -0.640. The Bertz CT molecular complexity index is 198. The highest BCUT2D eigenvalue weighted by atomic mass is 19.1. The number of hydrogen-bond donors (Lipinski definition) is 0. The fraction of sp³-hybridized carbons (Fsp3) is 0.889. The van der Waals surface area contributed by atoms with E-state index in [4.69, 9.17) is 4.74 Å². The number of rotatable bonds is 3. The van der Waals surface area contributed by atoms with Crippen molar-refractivity contribution in [2.24, 2.45) is 0 Å². The van der Waals surface area contributed by atoms with Crippen LogP contribution in [-0.4, -0.2) is 49.7 Å². The lowest BCUT2D eigenvalue weighted by Gasteiger charge is -2.23. The van der Waals surface area contributed by atoms with E-state index in [0.717, 1.165) is 0 Å². The predicted octanol–water partition coefficient (Wildman–Crippen LogP) is 0.633. The Kier molecular flexibility index (Phi) is 3.39. The van der Waals surface area contributed by atoms with Gasteiger partial charge in [0.2, 0.25) is 0 Å². The molecule has 0 radical (unpaired) electrons. The second-order valence-electron chi connectivity index (χ2n) is 3.57. The van der Waals surface area contributed by atoms with Gasteiger partial charge >= 0.3 is 0 Å². The van der Waals surface area contributed by atoms with Gasteiger partial charge in [0.05, 0.1) is 18.7 Å². The third kappa shape index (κ3) is 2.06. The second-order valence-corrected chi connectivity index (χ2v) is 3.57. The molecule has 0 aromatic carbocycles. The molecule has 1 saturated heterocycles. The molecule has 3 atom stereocenters. The number of hydrogen-bond acceptors (Lipinski definition) is 3. The molecule has 0 spiro atoms. The smallest absolute Gasteiger partial charge is 0.147 e. The molecule has 76 valence electrons. The average molecular weight is 189 g/mol. The molecule has 1 aliphatic heterocycles. The highest BCUT2D eigenvalue weighted by Crippen LogP contribution is 2.26. The molecule has 1 aliphatic rings. The highest BCUT2D eigenvalue weighted by molar-refractivity contribution is 5.81. The molecule has 0 aromatic rings. The molecular formula is C9H16FNO2.